The van der Waals surface area contributed by atoms with Crippen molar-refractivity contribution >= 4 is 5.91 Å². The van der Waals surface area contributed by atoms with Crippen molar-refractivity contribution in [2.24, 2.45) is 0 Å². The van der Waals surface area contributed by atoms with Crippen LogP contribution in [0.25, 0.3) is 0 Å². The second-order valence-corrected chi connectivity index (χ2v) is 3.22. The van der Waals surface area contributed by atoms with Gasteiger partial charge < -0.3 is 10.2 Å². The third-order valence-corrected chi connectivity index (χ3v) is 2.26. The molecule has 1 saturated heterocycles. The predicted octanol–water partition coefficient (Wildman–Crippen LogP) is 0.110. The Labute approximate surface area is 78.5 Å². The van der Waals surface area contributed by atoms with Crippen LogP contribution in [0.4, 0.5) is 0 Å². The quantitative estimate of drug-likeness (QED) is 0.672. The zero-order valence-corrected chi connectivity index (χ0v) is 7.92. The van der Waals surface area contributed by atoms with Crippen LogP contribution in [0, 0.1) is 11.3 Å². The van der Waals surface area contributed by atoms with Crippen LogP contribution < -0.4 is 5.32 Å². The number of carbonyl (C=O) groups is 1. The first kappa shape index (κ1) is 10.0. The Morgan fingerprint density at radius 3 is 3.15 bits per heavy atom. The van der Waals surface area contributed by atoms with Crippen molar-refractivity contribution in [3.05, 3.63) is 0 Å². The van der Waals surface area contributed by atoms with Gasteiger partial charge in [0.2, 0.25) is 5.91 Å². The van der Waals surface area contributed by atoms with E-state index in [1.54, 1.807) is 4.90 Å². The third kappa shape index (κ3) is 2.71. The van der Waals surface area contributed by atoms with Gasteiger partial charge in [-0.3, -0.25) is 4.79 Å². The van der Waals surface area contributed by atoms with Gasteiger partial charge in [0.25, 0.3) is 0 Å². The van der Waals surface area contributed by atoms with E-state index in [1.807, 2.05) is 6.07 Å². The van der Waals surface area contributed by atoms with Crippen molar-refractivity contribution in [2.75, 3.05) is 19.6 Å². The van der Waals surface area contributed by atoms with Crippen LogP contribution in [0.1, 0.15) is 19.8 Å². The summed E-state index contributed by atoms with van der Waals surface area (Å²) >= 11 is 0. The molecule has 4 heteroatoms. The number of hydrogen-bond donors (Lipinski definition) is 1. The lowest BCUT2D eigenvalue weighted by molar-refractivity contribution is -0.129. The van der Waals surface area contributed by atoms with E-state index in [-0.39, 0.29) is 12.3 Å². The number of likely N-dealkylation sites (N-methyl/N-ethyl adjacent to an activating group) is 1. The molecule has 1 N–H and O–H groups in total. The number of nitriles is 1. The smallest absolute Gasteiger partial charge is 0.236 e. The maximum Gasteiger partial charge on any atom is 0.236 e. The molecular formula is C9H15N3O. The Morgan fingerprint density at radius 1 is 1.77 bits per heavy atom. The molecule has 1 amide bonds. The molecular weight excluding hydrogens is 166 g/mol. The van der Waals surface area contributed by atoms with Gasteiger partial charge in [-0.2, -0.15) is 5.26 Å². The average Bonchev–Trinajstić information content (AvgIpc) is 2.54. The standard InChI is InChI=1S/C9H15N3O/c1-2-11-8-4-6-12(7-8)9(13)3-5-10/h8,11H,2-4,6-7H2,1H3. The fraction of sp³-hybridized carbons (Fsp3) is 0.778. The Morgan fingerprint density at radius 2 is 2.54 bits per heavy atom. The molecule has 0 saturated carbocycles. The Balaban J connectivity index is 2.32. The van der Waals surface area contributed by atoms with Crippen molar-refractivity contribution in [1.29, 1.82) is 5.26 Å². The largest absolute Gasteiger partial charge is 0.340 e. The van der Waals surface area contributed by atoms with Crippen LogP contribution in [0.5, 0.6) is 0 Å². The summed E-state index contributed by atoms with van der Waals surface area (Å²) in [4.78, 5) is 13.0. The van der Waals surface area contributed by atoms with Gasteiger partial charge in [0.15, 0.2) is 0 Å². The maximum atomic E-state index is 11.3. The molecule has 1 rings (SSSR count). The molecule has 1 unspecified atom stereocenters. The molecule has 0 spiro atoms. The molecule has 1 aliphatic heterocycles. The molecule has 13 heavy (non-hydrogen) atoms. The molecule has 1 aliphatic rings. The number of nitrogens with one attached hydrogen (secondary N) is 1. The number of nitrogens with zero attached hydrogens (tertiary/aromatic N) is 2. The number of amides is 1. The molecule has 4 nitrogen and oxygen atoms in total. The highest BCUT2D eigenvalue weighted by Gasteiger charge is 2.24. The SMILES string of the molecule is CCNC1CCN(C(=O)CC#N)C1. The lowest BCUT2D eigenvalue weighted by Gasteiger charge is -2.14. The zero-order chi connectivity index (χ0) is 9.68. The number of carbonyl (C=O) groups excluding carboxylic acids is 1. The van der Waals surface area contributed by atoms with Crippen LogP contribution in [-0.4, -0.2) is 36.5 Å². The van der Waals surface area contributed by atoms with Crippen LogP contribution in [0.15, 0.2) is 0 Å². The first-order chi connectivity index (χ1) is 6.27. The van der Waals surface area contributed by atoms with Gasteiger partial charge in [-0.05, 0) is 13.0 Å². The molecule has 1 fully saturated rings. The average molecular weight is 181 g/mol. The number of hydrogen-bond acceptors (Lipinski definition) is 3. The van der Waals surface area contributed by atoms with Crippen molar-refractivity contribution in [3.63, 3.8) is 0 Å². The minimum Gasteiger partial charge on any atom is -0.340 e. The van der Waals surface area contributed by atoms with Gasteiger partial charge in [0, 0.05) is 19.1 Å². The fourth-order valence-corrected chi connectivity index (χ4v) is 1.62. The molecule has 72 valence electrons. The van der Waals surface area contributed by atoms with E-state index in [0.717, 1.165) is 26.1 Å². The predicted molar refractivity (Wildman–Crippen MR) is 48.9 cm³/mol. The normalized spacial score (nSPS) is 21.5. The van der Waals surface area contributed by atoms with Crippen molar-refractivity contribution in [3.8, 4) is 6.07 Å². The maximum absolute atomic E-state index is 11.3. The topological polar surface area (TPSA) is 56.1 Å². The highest BCUT2D eigenvalue weighted by Crippen LogP contribution is 2.09. The molecule has 0 aromatic rings. The summed E-state index contributed by atoms with van der Waals surface area (Å²) in [5.41, 5.74) is 0. The molecule has 0 radical (unpaired) electrons. The monoisotopic (exact) mass is 181 g/mol. The van der Waals surface area contributed by atoms with E-state index < -0.39 is 0 Å². The molecule has 1 heterocycles. The van der Waals surface area contributed by atoms with Crippen LogP contribution >= 0.6 is 0 Å². The van der Waals surface area contributed by atoms with Gasteiger partial charge >= 0.3 is 0 Å². The van der Waals surface area contributed by atoms with Crippen LogP contribution in [-0.2, 0) is 4.79 Å². The van der Waals surface area contributed by atoms with E-state index >= 15 is 0 Å². The number of likely N-dealkylation sites (tertiary alicyclic amines) is 1. The van der Waals surface area contributed by atoms with Gasteiger partial charge in [0.05, 0.1) is 6.07 Å². The zero-order valence-electron chi connectivity index (χ0n) is 7.92. The minimum atomic E-state index is -0.0390. The second-order valence-electron chi connectivity index (χ2n) is 3.22. The number of rotatable bonds is 3. The van der Waals surface area contributed by atoms with Crippen molar-refractivity contribution in [1.82, 2.24) is 10.2 Å². The van der Waals surface area contributed by atoms with Crippen LogP contribution in [0.2, 0.25) is 0 Å². The molecule has 0 aliphatic carbocycles. The summed E-state index contributed by atoms with van der Waals surface area (Å²) in [6.45, 7) is 4.54. The lowest BCUT2D eigenvalue weighted by Crippen LogP contribution is -2.34. The van der Waals surface area contributed by atoms with E-state index in [9.17, 15) is 4.79 Å². The summed E-state index contributed by atoms with van der Waals surface area (Å²) in [7, 11) is 0. The Bertz CT molecular complexity index is 221. The Kier molecular flexibility index (Phi) is 3.71. The summed E-state index contributed by atoms with van der Waals surface area (Å²) in [5.74, 6) is -0.0390. The van der Waals surface area contributed by atoms with E-state index in [4.69, 9.17) is 5.26 Å². The molecule has 0 aromatic carbocycles. The van der Waals surface area contributed by atoms with Crippen molar-refractivity contribution in [2.45, 2.75) is 25.8 Å². The van der Waals surface area contributed by atoms with Crippen molar-refractivity contribution < 1.29 is 4.79 Å². The van der Waals surface area contributed by atoms with Gasteiger partial charge in [-0.25, -0.2) is 0 Å². The summed E-state index contributed by atoms with van der Waals surface area (Å²) in [5, 5.41) is 11.6. The lowest BCUT2D eigenvalue weighted by atomic mass is 10.3. The first-order valence-electron chi connectivity index (χ1n) is 4.66. The molecule has 0 aromatic heterocycles. The first-order valence-corrected chi connectivity index (χ1v) is 4.66. The van der Waals surface area contributed by atoms with E-state index in [1.165, 1.54) is 0 Å². The molecule has 1 atom stereocenters. The highest BCUT2D eigenvalue weighted by molar-refractivity contribution is 5.78. The van der Waals surface area contributed by atoms with Gasteiger partial charge in [-0.15, -0.1) is 0 Å². The van der Waals surface area contributed by atoms with Crippen LogP contribution in [0.3, 0.4) is 0 Å². The van der Waals surface area contributed by atoms with Gasteiger partial charge in [0.1, 0.15) is 6.42 Å². The summed E-state index contributed by atoms with van der Waals surface area (Å²) in [6, 6.07) is 2.30. The Hall–Kier alpha value is -1.08. The van der Waals surface area contributed by atoms with Gasteiger partial charge in [-0.1, -0.05) is 6.92 Å². The molecule has 0 bridgehead atoms. The van der Waals surface area contributed by atoms with E-state index in [2.05, 4.69) is 12.2 Å². The minimum absolute atomic E-state index is 0.0127. The fourth-order valence-electron chi connectivity index (χ4n) is 1.62. The highest BCUT2D eigenvalue weighted by atomic mass is 16.2. The van der Waals surface area contributed by atoms with E-state index in [0.29, 0.717) is 6.04 Å². The summed E-state index contributed by atoms with van der Waals surface area (Å²) < 4.78 is 0. The summed E-state index contributed by atoms with van der Waals surface area (Å²) in [6.07, 6.45) is 1.02. The second kappa shape index (κ2) is 4.83. The third-order valence-electron chi connectivity index (χ3n) is 2.26.